The number of halogens is 1. The monoisotopic (exact) mass is 261 g/mol. The molecule has 0 amide bonds. The summed E-state index contributed by atoms with van der Waals surface area (Å²) in [6, 6.07) is 2.81. The van der Waals surface area contributed by atoms with Crippen LogP contribution in [-0.4, -0.2) is 17.1 Å². The predicted molar refractivity (Wildman–Crippen MR) is 53.1 cm³/mol. The molecule has 0 aliphatic carbocycles. The second-order valence-corrected chi connectivity index (χ2v) is 3.46. The fourth-order valence-electron chi connectivity index (χ4n) is 1.01. The number of hydrogen-bond acceptors (Lipinski definition) is 4. The van der Waals surface area contributed by atoms with Crippen molar-refractivity contribution in [2.45, 2.75) is 6.54 Å². The van der Waals surface area contributed by atoms with Crippen LogP contribution in [0.3, 0.4) is 0 Å². The van der Waals surface area contributed by atoms with Crippen molar-refractivity contribution in [3.63, 3.8) is 0 Å². The minimum atomic E-state index is -0.448. The average molecular weight is 262 g/mol. The standard InChI is InChI=1S/C8H8BrNO4/c1-14-8-2-5(4-10(12)13)6(9)3-7(8)11/h2-3,11H,4H2,1H3. The summed E-state index contributed by atoms with van der Waals surface area (Å²) in [4.78, 5) is 9.84. The van der Waals surface area contributed by atoms with Gasteiger partial charge >= 0.3 is 0 Å². The van der Waals surface area contributed by atoms with Crippen molar-refractivity contribution in [3.05, 3.63) is 32.3 Å². The van der Waals surface area contributed by atoms with E-state index in [0.717, 1.165) is 0 Å². The van der Waals surface area contributed by atoms with Crippen LogP contribution in [-0.2, 0) is 6.54 Å². The molecular weight excluding hydrogens is 254 g/mol. The van der Waals surface area contributed by atoms with Gasteiger partial charge in [-0.2, -0.15) is 0 Å². The number of rotatable bonds is 3. The molecule has 0 atom stereocenters. The second-order valence-electron chi connectivity index (χ2n) is 2.61. The first-order chi connectivity index (χ1) is 6.54. The van der Waals surface area contributed by atoms with Gasteiger partial charge in [-0.15, -0.1) is 0 Å². The topological polar surface area (TPSA) is 72.6 Å². The van der Waals surface area contributed by atoms with Crippen LogP contribution in [0.15, 0.2) is 16.6 Å². The van der Waals surface area contributed by atoms with E-state index in [0.29, 0.717) is 10.0 Å². The average Bonchev–Trinajstić information content (AvgIpc) is 2.09. The van der Waals surface area contributed by atoms with Crippen molar-refractivity contribution < 1.29 is 14.8 Å². The van der Waals surface area contributed by atoms with Gasteiger partial charge in [0, 0.05) is 15.0 Å². The molecule has 1 rings (SSSR count). The summed E-state index contributed by atoms with van der Waals surface area (Å²) < 4.78 is 5.32. The Bertz CT molecular complexity index is 367. The molecule has 0 saturated carbocycles. The number of ether oxygens (including phenoxy) is 1. The van der Waals surface area contributed by atoms with E-state index in [1.807, 2.05) is 0 Å². The van der Waals surface area contributed by atoms with Crippen LogP contribution in [0.1, 0.15) is 5.56 Å². The molecule has 0 spiro atoms. The van der Waals surface area contributed by atoms with E-state index in [1.54, 1.807) is 0 Å². The van der Waals surface area contributed by atoms with Gasteiger partial charge in [-0.3, -0.25) is 10.1 Å². The lowest BCUT2D eigenvalue weighted by Crippen LogP contribution is -1.99. The highest BCUT2D eigenvalue weighted by atomic mass is 79.9. The van der Waals surface area contributed by atoms with E-state index in [1.165, 1.54) is 19.2 Å². The van der Waals surface area contributed by atoms with Gasteiger partial charge in [-0.05, 0) is 12.1 Å². The summed E-state index contributed by atoms with van der Waals surface area (Å²) in [5, 5.41) is 19.6. The number of phenols is 1. The van der Waals surface area contributed by atoms with Crippen LogP contribution in [0.5, 0.6) is 11.5 Å². The Morgan fingerprint density at radius 3 is 2.79 bits per heavy atom. The second kappa shape index (κ2) is 4.28. The van der Waals surface area contributed by atoms with Gasteiger partial charge < -0.3 is 9.84 Å². The molecular formula is C8H8BrNO4. The fraction of sp³-hybridized carbons (Fsp3) is 0.250. The van der Waals surface area contributed by atoms with E-state index >= 15 is 0 Å². The predicted octanol–water partition coefficient (Wildman–Crippen LogP) is 1.94. The Labute approximate surface area is 88.6 Å². The molecule has 0 unspecified atom stereocenters. The van der Waals surface area contributed by atoms with Gasteiger partial charge in [0.15, 0.2) is 11.5 Å². The normalized spacial score (nSPS) is 9.86. The zero-order valence-corrected chi connectivity index (χ0v) is 8.94. The lowest BCUT2D eigenvalue weighted by Gasteiger charge is -2.06. The van der Waals surface area contributed by atoms with E-state index < -0.39 is 4.92 Å². The molecule has 0 bridgehead atoms. The maximum Gasteiger partial charge on any atom is 0.230 e. The van der Waals surface area contributed by atoms with E-state index in [2.05, 4.69) is 15.9 Å². The molecule has 1 aromatic carbocycles. The zero-order valence-electron chi connectivity index (χ0n) is 7.36. The Morgan fingerprint density at radius 1 is 1.64 bits per heavy atom. The van der Waals surface area contributed by atoms with Gasteiger partial charge in [0.2, 0.25) is 6.54 Å². The summed E-state index contributed by atoms with van der Waals surface area (Å²) in [7, 11) is 1.39. The quantitative estimate of drug-likeness (QED) is 0.667. The van der Waals surface area contributed by atoms with E-state index in [9.17, 15) is 15.2 Å². The van der Waals surface area contributed by atoms with E-state index in [-0.39, 0.29) is 18.0 Å². The molecule has 14 heavy (non-hydrogen) atoms. The van der Waals surface area contributed by atoms with Crippen LogP contribution in [0.2, 0.25) is 0 Å². The summed E-state index contributed by atoms with van der Waals surface area (Å²) >= 11 is 3.12. The number of aromatic hydroxyl groups is 1. The van der Waals surface area contributed by atoms with Gasteiger partial charge in [0.05, 0.1) is 7.11 Å². The lowest BCUT2D eigenvalue weighted by atomic mass is 10.2. The first-order valence-corrected chi connectivity index (χ1v) is 4.51. The SMILES string of the molecule is COc1cc(C[N+](=O)[O-])c(Br)cc1O. The molecule has 0 aliphatic rings. The smallest absolute Gasteiger partial charge is 0.230 e. The highest BCUT2D eigenvalue weighted by molar-refractivity contribution is 9.10. The number of phenolic OH excluding ortho intramolecular Hbond substituents is 1. The first kappa shape index (κ1) is 10.8. The fourth-order valence-corrected chi connectivity index (χ4v) is 1.47. The van der Waals surface area contributed by atoms with Crippen molar-refractivity contribution >= 4 is 15.9 Å². The molecule has 0 radical (unpaired) electrons. The highest BCUT2D eigenvalue weighted by Crippen LogP contribution is 2.32. The maximum atomic E-state index is 10.3. The zero-order chi connectivity index (χ0) is 10.7. The number of nitrogens with zero attached hydrogens (tertiary/aromatic N) is 1. The maximum absolute atomic E-state index is 10.3. The van der Waals surface area contributed by atoms with Crippen molar-refractivity contribution in [3.8, 4) is 11.5 Å². The molecule has 0 saturated heterocycles. The van der Waals surface area contributed by atoms with Gasteiger partial charge in [-0.25, -0.2) is 0 Å². The van der Waals surface area contributed by atoms with Gasteiger partial charge in [0.25, 0.3) is 0 Å². The minimum Gasteiger partial charge on any atom is -0.504 e. The van der Waals surface area contributed by atoms with Crippen LogP contribution in [0, 0.1) is 10.1 Å². The molecule has 76 valence electrons. The summed E-state index contributed by atoms with van der Waals surface area (Å²) in [6.45, 7) is -0.308. The molecule has 1 N–H and O–H groups in total. The molecule has 5 nitrogen and oxygen atoms in total. The molecule has 0 fully saturated rings. The van der Waals surface area contributed by atoms with Crippen molar-refractivity contribution in [2.75, 3.05) is 7.11 Å². The van der Waals surface area contributed by atoms with Crippen LogP contribution < -0.4 is 4.74 Å². The molecule has 0 aliphatic heterocycles. The number of benzene rings is 1. The number of nitro groups is 1. The number of methoxy groups -OCH3 is 1. The molecule has 0 heterocycles. The lowest BCUT2D eigenvalue weighted by molar-refractivity contribution is -0.497. The number of hydrogen-bond donors (Lipinski definition) is 1. The van der Waals surface area contributed by atoms with Crippen molar-refractivity contribution in [1.29, 1.82) is 0 Å². The summed E-state index contributed by atoms with van der Waals surface area (Å²) in [5.41, 5.74) is 0.463. The van der Waals surface area contributed by atoms with Crippen LogP contribution >= 0.6 is 15.9 Å². The van der Waals surface area contributed by atoms with Crippen molar-refractivity contribution in [2.24, 2.45) is 0 Å². The summed E-state index contributed by atoms with van der Waals surface area (Å²) in [6.07, 6.45) is 0. The Hall–Kier alpha value is -1.30. The molecule has 6 heteroatoms. The largest absolute Gasteiger partial charge is 0.504 e. The van der Waals surface area contributed by atoms with Gasteiger partial charge in [-0.1, -0.05) is 15.9 Å². The molecule has 0 aromatic heterocycles. The summed E-state index contributed by atoms with van der Waals surface area (Å²) in [5.74, 6) is 0.177. The Kier molecular flexibility index (Phi) is 3.29. The third kappa shape index (κ3) is 2.35. The van der Waals surface area contributed by atoms with Gasteiger partial charge in [0.1, 0.15) is 0 Å². The Morgan fingerprint density at radius 2 is 2.29 bits per heavy atom. The minimum absolute atomic E-state index is 0.0496. The first-order valence-electron chi connectivity index (χ1n) is 3.71. The highest BCUT2D eigenvalue weighted by Gasteiger charge is 2.11. The van der Waals surface area contributed by atoms with Crippen molar-refractivity contribution in [1.82, 2.24) is 0 Å². The van der Waals surface area contributed by atoms with Crippen LogP contribution in [0.4, 0.5) is 0 Å². The Balaban J connectivity index is 3.10. The third-order valence-electron chi connectivity index (χ3n) is 1.65. The van der Waals surface area contributed by atoms with Crippen LogP contribution in [0.25, 0.3) is 0 Å². The third-order valence-corrected chi connectivity index (χ3v) is 2.39. The van der Waals surface area contributed by atoms with E-state index in [4.69, 9.17) is 4.74 Å². The molecule has 1 aromatic rings.